The number of nitrogens with two attached hydrogens (primary N) is 1. The molecule has 1 atom stereocenters. The highest BCUT2D eigenvalue weighted by Crippen LogP contribution is 2.28. The second-order valence-corrected chi connectivity index (χ2v) is 6.02. The maximum atomic E-state index is 5.77. The van der Waals surface area contributed by atoms with Crippen LogP contribution < -0.4 is 11.1 Å². The summed E-state index contributed by atoms with van der Waals surface area (Å²) in [6, 6.07) is 8.23. The molecule has 94 valence electrons. The molecular formula is C13H13BrN2S2. The first-order chi connectivity index (χ1) is 8.59. The van der Waals surface area contributed by atoms with Gasteiger partial charge in [0.1, 0.15) is 4.99 Å². The number of hydrogen-bond acceptors (Lipinski definition) is 3. The molecule has 0 aliphatic carbocycles. The molecule has 0 saturated heterocycles. The van der Waals surface area contributed by atoms with Gasteiger partial charge >= 0.3 is 0 Å². The summed E-state index contributed by atoms with van der Waals surface area (Å²) < 4.78 is 0.914. The Balaban J connectivity index is 2.29. The van der Waals surface area contributed by atoms with E-state index >= 15 is 0 Å². The van der Waals surface area contributed by atoms with E-state index in [1.165, 1.54) is 5.56 Å². The second-order valence-electron chi connectivity index (χ2n) is 3.95. The third-order valence-corrected chi connectivity index (χ3v) is 4.24. The van der Waals surface area contributed by atoms with Gasteiger partial charge in [-0.05, 0) is 57.4 Å². The van der Waals surface area contributed by atoms with Crippen molar-refractivity contribution >= 4 is 50.2 Å². The maximum Gasteiger partial charge on any atom is 0.107 e. The molecule has 0 spiro atoms. The quantitative estimate of drug-likeness (QED) is 0.814. The summed E-state index contributed by atoms with van der Waals surface area (Å²) >= 11 is 10.3. The predicted molar refractivity (Wildman–Crippen MR) is 86.4 cm³/mol. The lowest BCUT2D eigenvalue weighted by molar-refractivity contribution is 0.890. The molecule has 1 unspecified atom stereocenters. The van der Waals surface area contributed by atoms with Gasteiger partial charge in [-0.1, -0.05) is 18.3 Å². The first-order valence-corrected chi connectivity index (χ1v) is 7.61. The lowest BCUT2D eigenvalue weighted by atomic mass is 10.1. The third kappa shape index (κ3) is 2.91. The summed E-state index contributed by atoms with van der Waals surface area (Å²) in [5.74, 6) is 0. The topological polar surface area (TPSA) is 38.0 Å². The molecule has 0 bridgehead atoms. The monoisotopic (exact) mass is 340 g/mol. The number of nitrogens with one attached hydrogen (secondary N) is 1. The lowest BCUT2D eigenvalue weighted by Gasteiger charge is -2.18. The van der Waals surface area contributed by atoms with Crippen molar-refractivity contribution in [3.8, 4) is 0 Å². The molecule has 2 aromatic rings. The zero-order chi connectivity index (χ0) is 13.1. The Hall–Kier alpha value is -0.910. The average Bonchev–Trinajstić information content (AvgIpc) is 2.81. The standard InChI is InChI=1S/C13H13BrN2S2/c1-8(9-5-6-18-7-9)16-11-4-2-3-10(14)12(11)13(15)17/h2-8,16H,1H3,(H2,15,17). The molecule has 1 heterocycles. The van der Waals surface area contributed by atoms with E-state index in [1.807, 2.05) is 18.2 Å². The highest BCUT2D eigenvalue weighted by Gasteiger charge is 2.12. The maximum absolute atomic E-state index is 5.77. The summed E-state index contributed by atoms with van der Waals surface area (Å²) in [5, 5.41) is 7.65. The highest BCUT2D eigenvalue weighted by molar-refractivity contribution is 9.10. The van der Waals surface area contributed by atoms with Gasteiger partial charge in [0.05, 0.1) is 0 Å². The fraction of sp³-hybridized carbons (Fsp3) is 0.154. The van der Waals surface area contributed by atoms with Crippen LogP contribution in [0, 0.1) is 0 Å². The summed E-state index contributed by atoms with van der Waals surface area (Å²) in [5.41, 5.74) is 8.84. The van der Waals surface area contributed by atoms with Crippen LogP contribution in [0.15, 0.2) is 39.5 Å². The normalized spacial score (nSPS) is 12.1. The first kappa shape index (κ1) is 13.5. The van der Waals surface area contributed by atoms with E-state index < -0.39 is 0 Å². The number of hydrogen-bond donors (Lipinski definition) is 2. The molecule has 1 aromatic heterocycles. The molecular weight excluding hydrogens is 328 g/mol. The Morgan fingerprint density at radius 3 is 2.83 bits per heavy atom. The predicted octanol–water partition coefficient (Wildman–Crippen LogP) is 4.32. The number of thiocarbonyl (C=S) groups is 1. The van der Waals surface area contributed by atoms with Crippen LogP contribution in [0.1, 0.15) is 24.1 Å². The molecule has 0 radical (unpaired) electrons. The Kier molecular flexibility index (Phi) is 4.37. The van der Waals surface area contributed by atoms with Crippen molar-refractivity contribution in [1.82, 2.24) is 0 Å². The summed E-state index contributed by atoms with van der Waals surface area (Å²) in [7, 11) is 0. The van der Waals surface area contributed by atoms with E-state index in [9.17, 15) is 0 Å². The number of rotatable bonds is 4. The Labute approximate surface area is 124 Å². The van der Waals surface area contributed by atoms with Crippen LogP contribution in [0.4, 0.5) is 5.69 Å². The first-order valence-electron chi connectivity index (χ1n) is 5.46. The number of anilines is 1. The molecule has 0 aliphatic rings. The number of thiophene rings is 1. The average molecular weight is 341 g/mol. The van der Waals surface area contributed by atoms with Crippen molar-refractivity contribution in [2.45, 2.75) is 13.0 Å². The summed E-state index contributed by atoms with van der Waals surface area (Å²) in [6.45, 7) is 2.12. The molecule has 0 saturated carbocycles. The van der Waals surface area contributed by atoms with Gasteiger partial charge in [0.2, 0.25) is 0 Å². The Bertz CT molecular complexity index is 552. The van der Waals surface area contributed by atoms with Crippen molar-refractivity contribution in [2.24, 2.45) is 5.73 Å². The zero-order valence-corrected chi connectivity index (χ0v) is 13.0. The van der Waals surface area contributed by atoms with E-state index in [2.05, 4.69) is 45.0 Å². The van der Waals surface area contributed by atoms with Crippen molar-refractivity contribution in [3.05, 3.63) is 50.6 Å². The van der Waals surface area contributed by atoms with Crippen molar-refractivity contribution in [2.75, 3.05) is 5.32 Å². The Morgan fingerprint density at radius 1 is 1.44 bits per heavy atom. The van der Waals surface area contributed by atoms with Crippen LogP contribution >= 0.6 is 39.5 Å². The zero-order valence-electron chi connectivity index (χ0n) is 9.81. The van der Waals surface area contributed by atoms with E-state index in [1.54, 1.807) is 11.3 Å². The molecule has 0 fully saturated rings. The minimum Gasteiger partial charge on any atom is -0.389 e. The minimum atomic E-state index is 0.221. The van der Waals surface area contributed by atoms with E-state index in [0.717, 1.165) is 15.7 Å². The molecule has 2 nitrogen and oxygen atoms in total. The van der Waals surface area contributed by atoms with Crippen molar-refractivity contribution < 1.29 is 0 Å². The molecule has 2 rings (SSSR count). The van der Waals surface area contributed by atoms with Gasteiger partial charge in [-0.25, -0.2) is 0 Å². The fourth-order valence-corrected chi connectivity index (χ4v) is 3.42. The van der Waals surface area contributed by atoms with E-state index in [0.29, 0.717) is 4.99 Å². The lowest BCUT2D eigenvalue weighted by Crippen LogP contribution is -2.15. The fourth-order valence-electron chi connectivity index (χ4n) is 1.73. The van der Waals surface area contributed by atoms with Crippen molar-refractivity contribution in [3.63, 3.8) is 0 Å². The van der Waals surface area contributed by atoms with Crippen LogP contribution in [0.25, 0.3) is 0 Å². The van der Waals surface area contributed by atoms with Crippen LogP contribution in [-0.2, 0) is 0 Å². The van der Waals surface area contributed by atoms with Crippen molar-refractivity contribution in [1.29, 1.82) is 0 Å². The summed E-state index contributed by atoms with van der Waals surface area (Å²) in [4.78, 5) is 0.391. The summed E-state index contributed by atoms with van der Waals surface area (Å²) in [6.07, 6.45) is 0. The van der Waals surface area contributed by atoms with Gasteiger partial charge < -0.3 is 11.1 Å². The van der Waals surface area contributed by atoms with Crippen LogP contribution in [0.2, 0.25) is 0 Å². The molecule has 5 heteroatoms. The molecule has 3 N–H and O–H groups in total. The molecule has 18 heavy (non-hydrogen) atoms. The van der Waals surface area contributed by atoms with Gasteiger partial charge in [0, 0.05) is 21.8 Å². The van der Waals surface area contributed by atoms with Gasteiger partial charge in [0.15, 0.2) is 0 Å². The van der Waals surface area contributed by atoms with Crippen LogP contribution in [0.3, 0.4) is 0 Å². The van der Waals surface area contributed by atoms with Gasteiger partial charge in [0.25, 0.3) is 0 Å². The number of halogens is 1. The van der Waals surface area contributed by atoms with Gasteiger partial charge in [-0.3, -0.25) is 0 Å². The van der Waals surface area contributed by atoms with Crippen LogP contribution in [0.5, 0.6) is 0 Å². The number of benzene rings is 1. The molecule has 1 aromatic carbocycles. The van der Waals surface area contributed by atoms with E-state index in [-0.39, 0.29) is 6.04 Å². The second kappa shape index (κ2) is 5.82. The van der Waals surface area contributed by atoms with Crippen LogP contribution in [-0.4, -0.2) is 4.99 Å². The minimum absolute atomic E-state index is 0.221. The third-order valence-electron chi connectivity index (χ3n) is 2.68. The van der Waals surface area contributed by atoms with Gasteiger partial charge in [-0.15, -0.1) is 0 Å². The molecule has 0 amide bonds. The largest absolute Gasteiger partial charge is 0.389 e. The Morgan fingerprint density at radius 2 is 2.22 bits per heavy atom. The van der Waals surface area contributed by atoms with Gasteiger partial charge in [-0.2, -0.15) is 11.3 Å². The highest BCUT2D eigenvalue weighted by atomic mass is 79.9. The SMILES string of the molecule is CC(Nc1cccc(Br)c1C(N)=S)c1ccsc1. The van der Waals surface area contributed by atoms with E-state index in [4.69, 9.17) is 18.0 Å². The molecule has 0 aliphatic heterocycles. The smallest absolute Gasteiger partial charge is 0.107 e.